The Hall–Kier alpha value is -3.57. The van der Waals surface area contributed by atoms with Gasteiger partial charge in [0.1, 0.15) is 11.9 Å². The molecule has 0 radical (unpaired) electrons. The van der Waals surface area contributed by atoms with Gasteiger partial charge in [-0.1, -0.05) is 18.2 Å². The number of hydrogen-bond acceptors (Lipinski definition) is 5. The number of carbonyl (C=O) groups is 3. The number of halogens is 1. The number of nitriles is 1. The summed E-state index contributed by atoms with van der Waals surface area (Å²) in [7, 11) is 0. The monoisotopic (exact) mass is 460 g/mol. The van der Waals surface area contributed by atoms with Crippen LogP contribution in [0.5, 0.6) is 0 Å². The zero-order chi connectivity index (χ0) is 23.8. The van der Waals surface area contributed by atoms with E-state index >= 15 is 4.39 Å². The average Bonchev–Trinajstić information content (AvgIpc) is 3.14. The molecule has 8 heteroatoms. The first-order valence-corrected chi connectivity index (χ1v) is 11.6. The molecule has 2 aromatic carbocycles. The normalized spacial score (nSPS) is 21.4. The van der Waals surface area contributed by atoms with Crippen molar-refractivity contribution in [2.45, 2.75) is 50.7 Å². The van der Waals surface area contributed by atoms with Crippen LogP contribution in [0.25, 0.3) is 0 Å². The topological polar surface area (TPSA) is 93.5 Å². The largest absolute Gasteiger partial charge is 0.322 e. The van der Waals surface area contributed by atoms with E-state index in [0.29, 0.717) is 16.7 Å². The molecule has 7 nitrogen and oxygen atoms in total. The van der Waals surface area contributed by atoms with Crippen molar-refractivity contribution in [1.29, 1.82) is 5.26 Å². The van der Waals surface area contributed by atoms with Crippen LogP contribution in [0.15, 0.2) is 36.4 Å². The lowest BCUT2D eigenvalue weighted by Gasteiger charge is -2.32. The number of rotatable bonds is 4. The standard InChI is InChI=1S/C26H25FN4O3/c27-22-12-21-19(15-31(26(21)34)23-4-5-24(32)29-25(23)33)11-20(22)18-6-8-30(9-7-18)14-17-3-1-2-16(10-17)13-28/h1-3,10-12,18,23H,4-9,14-15H2,(H,29,32,33). The molecular formula is C26H25FN4O3. The van der Waals surface area contributed by atoms with E-state index in [1.165, 1.54) is 11.0 Å². The summed E-state index contributed by atoms with van der Waals surface area (Å²) in [5.74, 6) is -1.47. The van der Waals surface area contributed by atoms with Gasteiger partial charge in [-0.25, -0.2) is 4.39 Å². The minimum absolute atomic E-state index is 0.0618. The zero-order valence-electron chi connectivity index (χ0n) is 18.7. The van der Waals surface area contributed by atoms with E-state index in [-0.39, 0.29) is 42.9 Å². The zero-order valence-corrected chi connectivity index (χ0v) is 18.7. The van der Waals surface area contributed by atoms with E-state index in [9.17, 15) is 14.4 Å². The van der Waals surface area contributed by atoms with Crippen LogP contribution < -0.4 is 5.32 Å². The number of nitrogens with zero attached hydrogens (tertiary/aromatic N) is 3. The summed E-state index contributed by atoms with van der Waals surface area (Å²) in [6.07, 6.45) is 2.09. The maximum atomic E-state index is 15.1. The second-order valence-corrected chi connectivity index (χ2v) is 9.29. The molecule has 3 amide bonds. The fourth-order valence-electron chi connectivity index (χ4n) is 5.32. The third kappa shape index (κ3) is 4.19. The predicted octanol–water partition coefficient (Wildman–Crippen LogP) is 2.84. The number of hydrogen-bond donors (Lipinski definition) is 1. The minimum Gasteiger partial charge on any atom is -0.322 e. The number of fused-ring (bicyclic) bond motifs is 1. The molecule has 2 saturated heterocycles. The van der Waals surface area contributed by atoms with Crippen LogP contribution in [0.1, 0.15) is 64.2 Å². The Morgan fingerprint density at radius 3 is 2.62 bits per heavy atom. The van der Waals surface area contributed by atoms with Gasteiger partial charge in [0.15, 0.2) is 0 Å². The first-order valence-electron chi connectivity index (χ1n) is 11.6. The van der Waals surface area contributed by atoms with E-state index in [0.717, 1.165) is 43.6 Å². The predicted molar refractivity (Wildman–Crippen MR) is 121 cm³/mol. The highest BCUT2D eigenvalue weighted by Gasteiger charge is 2.40. The van der Waals surface area contributed by atoms with Gasteiger partial charge in [0, 0.05) is 25.1 Å². The van der Waals surface area contributed by atoms with Crippen LogP contribution in [0.3, 0.4) is 0 Å². The lowest BCUT2D eigenvalue weighted by Crippen LogP contribution is -2.52. The highest BCUT2D eigenvalue weighted by molar-refractivity contribution is 6.05. The Bertz CT molecular complexity index is 1210. The molecule has 0 saturated carbocycles. The van der Waals surface area contributed by atoms with Crippen molar-refractivity contribution in [1.82, 2.24) is 15.1 Å². The summed E-state index contributed by atoms with van der Waals surface area (Å²) in [6, 6.07) is 12.2. The van der Waals surface area contributed by atoms with E-state index < -0.39 is 11.9 Å². The number of benzene rings is 2. The van der Waals surface area contributed by atoms with Gasteiger partial charge < -0.3 is 4.90 Å². The van der Waals surface area contributed by atoms with E-state index in [2.05, 4.69) is 16.3 Å². The Kier molecular flexibility index (Phi) is 5.88. The molecule has 1 N–H and O–H groups in total. The number of likely N-dealkylation sites (tertiary alicyclic amines) is 1. The smallest absolute Gasteiger partial charge is 0.255 e. The molecule has 1 unspecified atom stereocenters. The molecule has 0 aliphatic carbocycles. The first kappa shape index (κ1) is 22.2. The number of piperidine rings is 2. The lowest BCUT2D eigenvalue weighted by molar-refractivity contribution is -0.136. The fraction of sp³-hybridized carbons (Fsp3) is 0.385. The van der Waals surface area contributed by atoms with Crippen molar-refractivity contribution in [3.05, 3.63) is 70.0 Å². The summed E-state index contributed by atoms with van der Waals surface area (Å²) in [5.41, 5.74) is 3.41. The molecule has 3 heterocycles. The third-order valence-corrected chi connectivity index (χ3v) is 7.13. The fourth-order valence-corrected chi connectivity index (χ4v) is 5.32. The molecule has 0 aromatic heterocycles. The highest BCUT2D eigenvalue weighted by atomic mass is 19.1. The third-order valence-electron chi connectivity index (χ3n) is 7.13. The summed E-state index contributed by atoms with van der Waals surface area (Å²) < 4.78 is 15.1. The average molecular weight is 461 g/mol. The Morgan fingerprint density at radius 1 is 1.09 bits per heavy atom. The van der Waals surface area contributed by atoms with Crippen molar-refractivity contribution in [2.75, 3.05) is 13.1 Å². The molecule has 174 valence electrons. The summed E-state index contributed by atoms with van der Waals surface area (Å²) in [5, 5.41) is 11.4. The second-order valence-electron chi connectivity index (χ2n) is 9.29. The van der Waals surface area contributed by atoms with Gasteiger partial charge in [-0.2, -0.15) is 5.26 Å². The second kappa shape index (κ2) is 8.99. The van der Waals surface area contributed by atoms with Gasteiger partial charge in [0.2, 0.25) is 11.8 Å². The van der Waals surface area contributed by atoms with Crippen molar-refractivity contribution < 1.29 is 18.8 Å². The van der Waals surface area contributed by atoms with Gasteiger partial charge >= 0.3 is 0 Å². The maximum absolute atomic E-state index is 15.1. The van der Waals surface area contributed by atoms with Gasteiger partial charge in [0.25, 0.3) is 5.91 Å². The van der Waals surface area contributed by atoms with Crippen LogP contribution in [-0.4, -0.2) is 46.7 Å². The summed E-state index contributed by atoms with van der Waals surface area (Å²) in [6.45, 7) is 2.64. The van der Waals surface area contributed by atoms with Gasteiger partial charge in [-0.05, 0) is 73.2 Å². The lowest BCUT2D eigenvalue weighted by atomic mass is 9.87. The first-order chi connectivity index (χ1) is 16.4. The van der Waals surface area contributed by atoms with Crippen molar-refractivity contribution >= 4 is 17.7 Å². The van der Waals surface area contributed by atoms with Crippen molar-refractivity contribution in [2.24, 2.45) is 0 Å². The number of amides is 3. The van der Waals surface area contributed by atoms with E-state index in [4.69, 9.17) is 5.26 Å². The van der Waals surface area contributed by atoms with Crippen molar-refractivity contribution in [3.8, 4) is 6.07 Å². The summed E-state index contributed by atoms with van der Waals surface area (Å²) in [4.78, 5) is 40.4. The van der Waals surface area contributed by atoms with Crippen LogP contribution in [-0.2, 0) is 22.7 Å². The molecule has 0 bridgehead atoms. The van der Waals surface area contributed by atoms with Crippen molar-refractivity contribution in [3.63, 3.8) is 0 Å². The molecule has 5 rings (SSSR count). The minimum atomic E-state index is -0.702. The van der Waals surface area contributed by atoms with Crippen LogP contribution in [0, 0.1) is 17.1 Å². The molecule has 3 aliphatic heterocycles. The van der Waals surface area contributed by atoms with Gasteiger partial charge in [-0.15, -0.1) is 0 Å². The molecule has 2 aromatic rings. The molecule has 1 atom stereocenters. The maximum Gasteiger partial charge on any atom is 0.255 e. The molecule has 34 heavy (non-hydrogen) atoms. The van der Waals surface area contributed by atoms with Gasteiger partial charge in [-0.3, -0.25) is 24.6 Å². The Balaban J connectivity index is 1.26. The van der Waals surface area contributed by atoms with Crippen LogP contribution in [0.4, 0.5) is 4.39 Å². The molecule has 3 aliphatic rings. The Labute approximate surface area is 197 Å². The van der Waals surface area contributed by atoms with E-state index in [1.807, 2.05) is 18.2 Å². The molecular weight excluding hydrogens is 435 g/mol. The number of nitrogens with one attached hydrogen (secondary N) is 1. The molecule has 0 spiro atoms. The SMILES string of the molecule is N#Cc1cccc(CN2CCC(c3cc4c(cc3F)C(=O)N(C3CCC(=O)NC3=O)C4)CC2)c1. The number of imide groups is 1. The van der Waals surface area contributed by atoms with Crippen LogP contribution in [0.2, 0.25) is 0 Å². The quantitative estimate of drug-likeness (QED) is 0.709. The highest BCUT2D eigenvalue weighted by Crippen LogP contribution is 2.35. The summed E-state index contributed by atoms with van der Waals surface area (Å²) >= 11 is 0. The molecule has 2 fully saturated rings. The van der Waals surface area contributed by atoms with Gasteiger partial charge in [0.05, 0.1) is 11.6 Å². The Morgan fingerprint density at radius 2 is 1.88 bits per heavy atom. The van der Waals surface area contributed by atoms with E-state index in [1.54, 1.807) is 12.1 Å². The number of carbonyl (C=O) groups excluding carboxylic acids is 3. The van der Waals surface area contributed by atoms with Crippen LogP contribution >= 0.6 is 0 Å².